The molecule has 34 heavy (non-hydrogen) atoms. The number of pyridine rings is 1. The molecule has 0 radical (unpaired) electrons. The largest absolute Gasteiger partial charge is 0.379 e. The number of nitrogens with one attached hydrogen (secondary N) is 1. The van der Waals surface area contributed by atoms with Crippen LogP contribution in [0.4, 0.5) is 10.3 Å². The number of H-pyrrole nitrogens is 1. The molecule has 1 atom stereocenters. The lowest BCUT2D eigenvalue weighted by Gasteiger charge is -2.24. The second kappa shape index (κ2) is 8.20. The van der Waals surface area contributed by atoms with Crippen molar-refractivity contribution in [3.05, 3.63) is 85.1 Å². The van der Waals surface area contributed by atoms with Crippen molar-refractivity contribution < 1.29 is 9.50 Å². The first-order chi connectivity index (χ1) is 16.4. The number of alkyl halides is 1. The molecule has 0 aliphatic carbocycles. The lowest BCUT2D eigenvalue weighted by molar-refractivity contribution is 0.0975. The van der Waals surface area contributed by atoms with E-state index in [0.29, 0.717) is 22.6 Å². The fraction of sp³-hybridized carbons (Fsp3) is 0.120. The van der Waals surface area contributed by atoms with Gasteiger partial charge in [-0.25, -0.2) is 24.0 Å². The number of aromatic amines is 1. The Morgan fingerprint density at radius 3 is 2.74 bits per heavy atom. The smallest absolute Gasteiger partial charge is 0.220 e. The van der Waals surface area contributed by atoms with Crippen LogP contribution in [0.5, 0.6) is 0 Å². The first-order valence-corrected chi connectivity index (χ1v) is 10.6. The fourth-order valence-corrected chi connectivity index (χ4v) is 3.84. The van der Waals surface area contributed by atoms with Crippen molar-refractivity contribution >= 4 is 22.7 Å². The van der Waals surface area contributed by atoms with Crippen LogP contribution < -0.4 is 5.73 Å². The summed E-state index contributed by atoms with van der Waals surface area (Å²) in [5.74, 6) is 0.0492. The van der Waals surface area contributed by atoms with Gasteiger partial charge in [-0.3, -0.25) is 0 Å². The Hall–Kier alpha value is -4.37. The van der Waals surface area contributed by atoms with Crippen LogP contribution in [-0.2, 0) is 5.60 Å². The van der Waals surface area contributed by atoms with Crippen LogP contribution in [0, 0.1) is 0 Å². The van der Waals surface area contributed by atoms with Crippen molar-refractivity contribution in [3.8, 4) is 22.4 Å². The van der Waals surface area contributed by atoms with Crippen LogP contribution in [0.1, 0.15) is 18.2 Å². The summed E-state index contributed by atoms with van der Waals surface area (Å²) in [6.45, 7) is 4.64. The average Bonchev–Trinajstić information content (AvgIpc) is 3.51. The molecular weight excluding hydrogens is 433 g/mol. The number of benzene rings is 1. The molecule has 0 spiro atoms. The van der Waals surface area contributed by atoms with E-state index in [1.807, 2.05) is 36.4 Å². The summed E-state index contributed by atoms with van der Waals surface area (Å²) in [4.78, 5) is 16.4. The summed E-state index contributed by atoms with van der Waals surface area (Å²) in [5.41, 5.74) is 9.52. The fourth-order valence-electron chi connectivity index (χ4n) is 3.84. The van der Waals surface area contributed by atoms with E-state index in [0.717, 1.165) is 22.1 Å². The average molecular weight is 455 g/mol. The minimum atomic E-state index is -1.37. The normalized spacial score (nSPS) is 13.1. The van der Waals surface area contributed by atoms with Crippen molar-refractivity contribution in [2.75, 3.05) is 12.4 Å². The Bertz CT molecular complexity index is 1500. The third-order valence-electron chi connectivity index (χ3n) is 5.78. The summed E-state index contributed by atoms with van der Waals surface area (Å²) in [6, 6.07) is 12.9. The minimum absolute atomic E-state index is 0.0492. The van der Waals surface area contributed by atoms with Gasteiger partial charge < -0.3 is 15.8 Å². The molecule has 0 saturated heterocycles. The first-order valence-electron chi connectivity index (χ1n) is 10.6. The van der Waals surface area contributed by atoms with Gasteiger partial charge in [0, 0.05) is 40.7 Å². The van der Waals surface area contributed by atoms with E-state index < -0.39 is 12.3 Å². The number of hydrogen-bond donors (Lipinski definition) is 3. The zero-order valence-electron chi connectivity index (χ0n) is 18.4. The van der Waals surface area contributed by atoms with Gasteiger partial charge in [-0.1, -0.05) is 36.9 Å². The van der Waals surface area contributed by atoms with Gasteiger partial charge in [0.1, 0.15) is 17.9 Å². The van der Waals surface area contributed by atoms with Gasteiger partial charge in [0.2, 0.25) is 5.95 Å². The monoisotopic (exact) mass is 455 g/mol. The molecule has 0 bridgehead atoms. The Labute approximate surface area is 194 Å². The number of nitrogens with two attached hydrogens (primary N) is 1. The van der Waals surface area contributed by atoms with Crippen molar-refractivity contribution in [2.45, 2.75) is 12.5 Å². The number of fused-ring (bicyclic) bond motifs is 1. The topological polar surface area (TPSA) is 119 Å². The molecule has 4 heterocycles. The van der Waals surface area contributed by atoms with E-state index in [1.54, 1.807) is 37.8 Å². The molecule has 9 heteroatoms. The number of allylic oxidation sites excluding steroid dienone is 1. The maximum absolute atomic E-state index is 12.9. The highest BCUT2D eigenvalue weighted by Gasteiger charge is 2.28. The quantitative estimate of drug-likeness (QED) is 0.354. The predicted molar refractivity (Wildman–Crippen MR) is 129 cm³/mol. The van der Waals surface area contributed by atoms with Crippen molar-refractivity contribution in [2.24, 2.45) is 0 Å². The molecular formula is C25H22FN7O. The number of anilines is 1. The Balaban J connectivity index is 1.59. The highest BCUT2D eigenvalue weighted by Crippen LogP contribution is 2.34. The van der Waals surface area contributed by atoms with Crippen LogP contribution in [0.3, 0.4) is 0 Å². The zero-order chi connectivity index (χ0) is 23.9. The molecule has 1 unspecified atom stereocenters. The van der Waals surface area contributed by atoms with Crippen LogP contribution >= 0.6 is 0 Å². The number of nitrogens with zero attached hydrogens (tertiary/aromatic N) is 5. The first kappa shape index (κ1) is 21.5. The minimum Gasteiger partial charge on any atom is -0.379 e. The van der Waals surface area contributed by atoms with E-state index in [9.17, 15) is 9.50 Å². The van der Waals surface area contributed by atoms with Crippen molar-refractivity contribution in [3.63, 3.8) is 0 Å². The Morgan fingerprint density at radius 1 is 1.18 bits per heavy atom. The van der Waals surface area contributed by atoms with Crippen LogP contribution in [0.2, 0.25) is 0 Å². The SMILES string of the molecule is C=C(CF)n1cc(-c2cnc3[nH]cc(-c4cc(C(C)(O)c5ccccc5)nc(N)n4)c3c2)cn1. The van der Waals surface area contributed by atoms with E-state index >= 15 is 0 Å². The lowest BCUT2D eigenvalue weighted by atomic mass is 9.91. The number of aliphatic hydroxyl groups is 1. The third-order valence-corrected chi connectivity index (χ3v) is 5.78. The molecule has 5 aromatic rings. The molecule has 170 valence electrons. The van der Waals surface area contributed by atoms with Crippen molar-refractivity contribution in [1.82, 2.24) is 29.7 Å². The maximum Gasteiger partial charge on any atom is 0.220 e. The number of hydrogen-bond acceptors (Lipinski definition) is 6. The van der Waals surface area contributed by atoms with E-state index in [2.05, 4.69) is 31.6 Å². The van der Waals surface area contributed by atoms with Gasteiger partial charge >= 0.3 is 0 Å². The number of aromatic nitrogens is 6. The molecule has 0 aliphatic heterocycles. The zero-order valence-corrected chi connectivity index (χ0v) is 18.4. The Morgan fingerprint density at radius 2 is 1.97 bits per heavy atom. The molecule has 0 fully saturated rings. The number of halogens is 1. The predicted octanol–water partition coefficient (Wildman–Crippen LogP) is 4.16. The van der Waals surface area contributed by atoms with Gasteiger partial charge in [-0.2, -0.15) is 5.10 Å². The third kappa shape index (κ3) is 3.71. The summed E-state index contributed by atoms with van der Waals surface area (Å²) in [7, 11) is 0. The van der Waals surface area contributed by atoms with Crippen molar-refractivity contribution in [1.29, 1.82) is 0 Å². The highest BCUT2D eigenvalue weighted by molar-refractivity contribution is 5.95. The Kier molecular flexibility index (Phi) is 5.18. The second-order valence-electron chi connectivity index (χ2n) is 8.13. The molecule has 4 aromatic heterocycles. The molecule has 0 saturated carbocycles. The van der Waals surface area contributed by atoms with E-state index in [-0.39, 0.29) is 11.6 Å². The van der Waals surface area contributed by atoms with Gasteiger partial charge in [-0.05, 0) is 24.6 Å². The molecule has 1 aromatic carbocycles. The van der Waals surface area contributed by atoms with E-state index in [4.69, 9.17) is 5.73 Å². The number of rotatable bonds is 6. The molecule has 0 aliphatic rings. The number of nitrogen functional groups attached to an aromatic ring is 1. The molecule has 0 amide bonds. The summed E-state index contributed by atoms with van der Waals surface area (Å²) < 4.78 is 14.3. The standard InChI is InChI=1S/C25H22FN7O/c1-15(10-26)33-14-17(12-30-33)16-8-19-20(13-29-23(19)28-11-16)21-9-22(32-24(27)31-21)25(2,34)18-6-4-3-5-7-18/h3-9,11-14,34H,1,10H2,2H3,(H,28,29)(H2,27,31,32). The van der Waals surface area contributed by atoms with Crippen LogP contribution in [0.25, 0.3) is 39.1 Å². The molecule has 4 N–H and O–H groups in total. The van der Waals surface area contributed by atoms with Gasteiger partial charge in [-0.15, -0.1) is 0 Å². The van der Waals surface area contributed by atoms with E-state index in [1.165, 1.54) is 4.68 Å². The van der Waals surface area contributed by atoms with Gasteiger partial charge in [0.05, 0.1) is 23.3 Å². The lowest BCUT2D eigenvalue weighted by Crippen LogP contribution is -2.25. The second-order valence-corrected chi connectivity index (χ2v) is 8.13. The van der Waals surface area contributed by atoms with Gasteiger partial charge in [0.15, 0.2) is 0 Å². The van der Waals surface area contributed by atoms with Gasteiger partial charge in [0.25, 0.3) is 0 Å². The van der Waals surface area contributed by atoms with Crippen LogP contribution in [-0.4, -0.2) is 41.5 Å². The summed E-state index contributed by atoms with van der Waals surface area (Å²) in [5, 5.41) is 16.2. The molecule has 8 nitrogen and oxygen atoms in total. The maximum atomic E-state index is 12.9. The molecule has 5 rings (SSSR count). The van der Waals surface area contributed by atoms with Crippen LogP contribution in [0.15, 0.2) is 73.8 Å². The summed E-state index contributed by atoms with van der Waals surface area (Å²) >= 11 is 0. The summed E-state index contributed by atoms with van der Waals surface area (Å²) in [6.07, 6.45) is 6.84. The highest BCUT2D eigenvalue weighted by atomic mass is 19.1.